The number of hydrogen-bond donors (Lipinski definition) is 1. The van der Waals surface area contributed by atoms with Crippen LogP contribution in [0.2, 0.25) is 0 Å². The van der Waals surface area contributed by atoms with Gasteiger partial charge in [-0.05, 0) is 38.1 Å². The smallest absolute Gasteiger partial charge is 0.151 e. The van der Waals surface area contributed by atoms with E-state index in [1.165, 1.54) is 19.1 Å². The molecule has 0 heterocycles. The molecule has 0 aromatic heterocycles. The van der Waals surface area contributed by atoms with Crippen molar-refractivity contribution in [1.29, 1.82) is 0 Å². The molecule has 0 saturated heterocycles. The van der Waals surface area contributed by atoms with Crippen molar-refractivity contribution in [1.82, 2.24) is 5.32 Å². The standard InChI is InChI=1S/C10H19NO2S/c1-14(12,13)10-4-2-3-9(10)11-7-8-5-6-8/h8-11H,2-7H2,1H3. The average molecular weight is 217 g/mol. The van der Waals surface area contributed by atoms with Gasteiger partial charge in [-0.3, -0.25) is 0 Å². The zero-order valence-corrected chi connectivity index (χ0v) is 9.52. The van der Waals surface area contributed by atoms with E-state index in [4.69, 9.17) is 0 Å². The molecule has 0 aromatic carbocycles. The SMILES string of the molecule is CS(=O)(=O)C1CCCC1NCC1CC1. The Hall–Kier alpha value is -0.0900. The minimum atomic E-state index is -2.84. The van der Waals surface area contributed by atoms with Crippen LogP contribution in [0.25, 0.3) is 0 Å². The molecule has 82 valence electrons. The van der Waals surface area contributed by atoms with E-state index in [0.29, 0.717) is 0 Å². The molecule has 0 spiro atoms. The predicted octanol–water partition coefficient (Wildman–Crippen LogP) is 0.952. The van der Waals surface area contributed by atoms with Gasteiger partial charge in [0.15, 0.2) is 9.84 Å². The van der Waals surface area contributed by atoms with Crippen molar-refractivity contribution in [3.05, 3.63) is 0 Å². The Morgan fingerprint density at radius 1 is 1.21 bits per heavy atom. The van der Waals surface area contributed by atoms with Gasteiger partial charge >= 0.3 is 0 Å². The molecular formula is C10H19NO2S. The van der Waals surface area contributed by atoms with Crippen LogP contribution >= 0.6 is 0 Å². The van der Waals surface area contributed by atoms with Gasteiger partial charge in [0.2, 0.25) is 0 Å². The molecule has 2 fully saturated rings. The summed E-state index contributed by atoms with van der Waals surface area (Å²) in [5, 5.41) is 3.30. The first kappa shape index (κ1) is 10.4. The van der Waals surface area contributed by atoms with Crippen LogP contribution in [0.4, 0.5) is 0 Å². The topological polar surface area (TPSA) is 46.2 Å². The molecular weight excluding hydrogens is 198 g/mol. The molecule has 14 heavy (non-hydrogen) atoms. The van der Waals surface area contributed by atoms with Gasteiger partial charge in [0.1, 0.15) is 0 Å². The van der Waals surface area contributed by atoms with E-state index in [0.717, 1.165) is 31.7 Å². The van der Waals surface area contributed by atoms with E-state index < -0.39 is 9.84 Å². The number of rotatable bonds is 4. The normalized spacial score (nSPS) is 33.5. The second-order valence-electron chi connectivity index (χ2n) is 4.76. The van der Waals surface area contributed by atoms with Crippen LogP contribution in [0.15, 0.2) is 0 Å². The predicted molar refractivity (Wildman–Crippen MR) is 57.0 cm³/mol. The van der Waals surface area contributed by atoms with Crippen LogP contribution in [0.1, 0.15) is 32.1 Å². The van der Waals surface area contributed by atoms with Crippen LogP contribution in [0.5, 0.6) is 0 Å². The molecule has 0 amide bonds. The maximum atomic E-state index is 11.5. The summed E-state index contributed by atoms with van der Waals surface area (Å²) in [7, 11) is -2.84. The Bertz CT molecular complexity index is 295. The van der Waals surface area contributed by atoms with Crippen LogP contribution in [0, 0.1) is 5.92 Å². The molecule has 4 heteroatoms. The van der Waals surface area contributed by atoms with Gasteiger partial charge in [-0.25, -0.2) is 8.42 Å². The fourth-order valence-electron chi connectivity index (χ4n) is 2.31. The third kappa shape index (κ3) is 2.48. The first-order valence-electron chi connectivity index (χ1n) is 5.49. The Labute approximate surface area is 86.2 Å². The minimum Gasteiger partial charge on any atom is -0.312 e. The summed E-state index contributed by atoms with van der Waals surface area (Å²) in [4.78, 5) is 0. The third-order valence-corrected chi connectivity index (χ3v) is 5.03. The monoisotopic (exact) mass is 217 g/mol. The van der Waals surface area contributed by atoms with Gasteiger partial charge in [0, 0.05) is 12.3 Å². The Kier molecular flexibility index (Phi) is 2.84. The highest BCUT2D eigenvalue weighted by Gasteiger charge is 2.35. The number of sulfone groups is 1. The highest BCUT2D eigenvalue weighted by atomic mass is 32.2. The first-order valence-corrected chi connectivity index (χ1v) is 7.45. The lowest BCUT2D eigenvalue weighted by molar-refractivity contribution is 0.495. The molecule has 2 aliphatic rings. The molecule has 2 atom stereocenters. The number of hydrogen-bond acceptors (Lipinski definition) is 3. The van der Waals surface area contributed by atoms with Gasteiger partial charge < -0.3 is 5.32 Å². The largest absolute Gasteiger partial charge is 0.312 e. The molecule has 0 aromatic rings. The fraction of sp³-hybridized carbons (Fsp3) is 1.00. The lowest BCUT2D eigenvalue weighted by Gasteiger charge is -2.19. The summed E-state index contributed by atoms with van der Waals surface area (Å²) < 4.78 is 22.9. The van der Waals surface area contributed by atoms with Crippen molar-refractivity contribution in [3.8, 4) is 0 Å². The molecule has 2 aliphatic carbocycles. The summed E-state index contributed by atoms with van der Waals surface area (Å²) in [6.45, 7) is 1.02. The molecule has 2 unspecified atom stereocenters. The van der Waals surface area contributed by atoms with Crippen molar-refractivity contribution >= 4 is 9.84 Å². The molecule has 3 nitrogen and oxygen atoms in total. The van der Waals surface area contributed by atoms with Gasteiger partial charge in [-0.1, -0.05) is 6.42 Å². The molecule has 0 aliphatic heterocycles. The lowest BCUT2D eigenvalue weighted by Crippen LogP contribution is -2.40. The zero-order chi connectivity index (χ0) is 10.2. The minimum absolute atomic E-state index is 0.124. The van der Waals surface area contributed by atoms with E-state index in [1.54, 1.807) is 0 Å². The fourth-order valence-corrected chi connectivity index (χ4v) is 3.74. The highest BCUT2D eigenvalue weighted by Crippen LogP contribution is 2.30. The van der Waals surface area contributed by atoms with Gasteiger partial charge in [0.05, 0.1) is 5.25 Å². The van der Waals surface area contributed by atoms with E-state index in [9.17, 15) is 8.42 Å². The molecule has 0 bridgehead atoms. The first-order chi connectivity index (χ1) is 6.57. The van der Waals surface area contributed by atoms with Crippen molar-refractivity contribution in [2.24, 2.45) is 5.92 Å². The molecule has 1 N–H and O–H groups in total. The summed E-state index contributed by atoms with van der Waals surface area (Å²) in [6.07, 6.45) is 6.95. The second kappa shape index (κ2) is 3.81. The molecule has 2 rings (SSSR count). The van der Waals surface area contributed by atoms with E-state index in [-0.39, 0.29) is 11.3 Å². The van der Waals surface area contributed by atoms with Crippen LogP contribution in [-0.4, -0.2) is 32.5 Å². The van der Waals surface area contributed by atoms with Crippen LogP contribution in [0.3, 0.4) is 0 Å². The van der Waals surface area contributed by atoms with Crippen LogP contribution in [-0.2, 0) is 9.84 Å². The van der Waals surface area contributed by atoms with Crippen LogP contribution < -0.4 is 5.32 Å². The zero-order valence-electron chi connectivity index (χ0n) is 8.70. The second-order valence-corrected chi connectivity index (χ2v) is 7.02. The number of nitrogens with one attached hydrogen (secondary N) is 1. The quantitative estimate of drug-likeness (QED) is 0.762. The van der Waals surface area contributed by atoms with Crippen molar-refractivity contribution in [2.45, 2.75) is 43.4 Å². The van der Waals surface area contributed by atoms with Gasteiger partial charge in [-0.15, -0.1) is 0 Å². The third-order valence-electron chi connectivity index (χ3n) is 3.37. The van der Waals surface area contributed by atoms with Crippen molar-refractivity contribution in [2.75, 3.05) is 12.8 Å². The average Bonchev–Trinajstić information content (AvgIpc) is 2.77. The summed E-state index contributed by atoms with van der Waals surface area (Å²) >= 11 is 0. The lowest BCUT2D eigenvalue weighted by atomic mass is 10.2. The van der Waals surface area contributed by atoms with E-state index in [1.807, 2.05) is 0 Å². The summed E-state index contributed by atoms with van der Waals surface area (Å²) in [5.74, 6) is 0.829. The van der Waals surface area contributed by atoms with Gasteiger partial charge in [-0.2, -0.15) is 0 Å². The maximum Gasteiger partial charge on any atom is 0.151 e. The molecule has 0 radical (unpaired) electrons. The Balaban J connectivity index is 1.89. The van der Waals surface area contributed by atoms with Gasteiger partial charge in [0.25, 0.3) is 0 Å². The summed E-state index contributed by atoms with van der Waals surface area (Å²) in [5.41, 5.74) is 0. The van der Waals surface area contributed by atoms with Crippen molar-refractivity contribution in [3.63, 3.8) is 0 Å². The highest BCUT2D eigenvalue weighted by molar-refractivity contribution is 7.91. The maximum absolute atomic E-state index is 11.5. The Morgan fingerprint density at radius 2 is 1.93 bits per heavy atom. The Morgan fingerprint density at radius 3 is 2.50 bits per heavy atom. The van der Waals surface area contributed by atoms with Crippen molar-refractivity contribution < 1.29 is 8.42 Å². The molecule has 2 saturated carbocycles. The van der Waals surface area contributed by atoms with E-state index in [2.05, 4.69) is 5.32 Å². The van der Waals surface area contributed by atoms with E-state index >= 15 is 0 Å². The summed E-state index contributed by atoms with van der Waals surface area (Å²) in [6, 6.07) is 0.227.